The number of fused-ring (bicyclic) bond motifs is 2. The number of hydrogen-bond acceptors (Lipinski definition) is 13. The molecule has 0 saturated heterocycles. The fraction of sp³-hybridized carbons (Fsp3) is 0.679. The Hall–Kier alpha value is -4.70. The second kappa shape index (κ2) is 30.4. The lowest BCUT2D eigenvalue weighted by Gasteiger charge is -2.46. The van der Waals surface area contributed by atoms with Crippen LogP contribution in [0.2, 0.25) is 0 Å². The van der Waals surface area contributed by atoms with E-state index in [0.29, 0.717) is 56.8 Å². The van der Waals surface area contributed by atoms with Crippen molar-refractivity contribution in [1.82, 2.24) is 21.0 Å². The fourth-order valence-electron chi connectivity index (χ4n) is 8.38. The van der Waals surface area contributed by atoms with Gasteiger partial charge in [-0.3, -0.25) is 9.59 Å². The molecule has 0 radical (unpaired) electrons. The highest BCUT2D eigenvalue weighted by molar-refractivity contribution is 5.93. The molecule has 0 fully saturated rings. The highest BCUT2D eigenvalue weighted by Crippen LogP contribution is 2.44. The van der Waals surface area contributed by atoms with E-state index in [1.165, 1.54) is 7.11 Å². The number of aldehydes is 1. The monoisotopic (exact) mass is 998 g/mol. The fourth-order valence-corrected chi connectivity index (χ4v) is 8.38. The Morgan fingerprint density at radius 3 is 1.97 bits per heavy atom. The zero-order valence-corrected chi connectivity index (χ0v) is 47.9. The standard InChI is InChI=1S/C27H38N6O4.C25H49NO4.2C2H6/c1-30-22(26(34)36-3)13-8-9-15-31-27(35)37-17-16-33(29)25-20-11-5-4-10-19(20)18-32(2)23-14-7-6-12-21(23)24(25)28;1-20(2,18-27)16-23(7,8)26-19(28)21(3,4)17-22(5,6)25(11,12)30-15-14-24(9,10)29-13;2*1-2/h4-7,10-12,14,22,30H,8-9,13,15-18,28-29H2,1-3H3,(H,31,35);18H,14-17H2,1-13H3,(H,26,28);2*1-2H3/b25-24-;;;. The molecule has 15 nitrogen and oxygen atoms in total. The SMILES string of the molecule is CC.CC.CNC(CCCCNC(=O)OCCN(N)/C1=C(\N)c2ccccc2N(C)Cc2ccccc21)C(=O)OC.COC(C)(C)CCOC(C)(C)C(C)(C)CC(C)(C)C(=O)NC(C)(C)CC(C)(C)C=O. The van der Waals surface area contributed by atoms with Crippen LogP contribution in [0, 0.1) is 16.2 Å². The van der Waals surface area contributed by atoms with E-state index in [-0.39, 0.29) is 42.1 Å². The molecule has 15 heteroatoms. The van der Waals surface area contributed by atoms with Gasteiger partial charge >= 0.3 is 12.1 Å². The molecule has 1 atom stereocenters. The number of carbonyl (C=O) groups excluding carboxylic acids is 4. The second-order valence-electron chi connectivity index (χ2n) is 21.5. The Morgan fingerprint density at radius 1 is 0.831 bits per heavy atom. The van der Waals surface area contributed by atoms with Crippen LogP contribution < -0.4 is 32.4 Å². The Balaban J connectivity index is 0.00000132. The summed E-state index contributed by atoms with van der Waals surface area (Å²) < 4.78 is 21.9. The first kappa shape index (κ1) is 66.3. The zero-order chi connectivity index (χ0) is 55.0. The van der Waals surface area contributed by atoms with Crippen molar-refractivity contribution in [1.29, 1.82) is 0 Å². The molecule has 0 aromatic heterocycles. The van der Waals surface area contributed by atoms with Crippen LogP contribution in [-0.4, -0.2) is 107 Å². The molecular formula is C56H99N7O8. The number of likely N-dealkylation sites (N-methyl/N-ethyl adjacent to an activating group) is 1. The quantitative estimate of drug-likeness (QED) is 0.0219. The van der Waals surface area contributed by atoms with Crippen molar-refractivity contribution in [3.63, 3.8) is 0 Å². The van der Waals surface area contributed by atoms with Crippen molar-refractivity contribution in [3.8, 4) is 0 Å². The number of alkyl carbamates (subject to hydrolysis) is 1. The minimum atomic E-state index is -0.585. The Labute approximate surface area is 430 Å². The molecule has 2 aromatic carbocycles. The van der Waals surface area contributed by atoms with Crippen molar-refractivity contribution in [2.75, 3.05) is 59.5 Å². The van der Waals surface area contributed by atoms with E-state index in [9.17, 15) is 19.2 Å². The number of rotatable bonds is 24. The maximum atomic E-state index is 13.2. The van der Waals surface area contributed by atoms with Crippen molar-refractivity contribution in [2.45, 2.75) is 179 Å². The van der Waals surface area contributed by atoms with Gasteiger partial charge in [0.2, 0.25) is 5.91 Å². The Morgan fingerprint density at radius 2 is 1.41 bits per heavy atom. The number of para-hydroxylation sites is 1. The largest absolute Gasteiger partial charge is 0.468 e. The average molecular weight is 998 g/mol. The van der Waals surface area contributed by atoms with E-state index in [0.717, 1.165) is 41.5 Å². The molecule has 3 rings (SSSR count). The summed E-state index contributed by atoms with van der Waals surface area (Å²) >= 11 is 0. The second-order valence-corrected chi connectivity index (χ2v) is 21.5. The topological polar surface area (TPSA) is 200 Å². The molecule has 7 N–H and O–H groups in total. The number of benzene rings is 2. The molecule has 406 valence electrons. The summed E-state index contributed by atoms with van der Waals surface area (Å²) in [5, 5.41) is 10.4. The van der Waals surface area contributed by atoms with Gasteiger partial charge in [0.25, 0.3) is 0 Å². The molecule has 1 unspecified atom stereocenters. The number of nitrogens with zero attached hydrogens (tertiary/aromatic N) is 2. The van der Waals surface area contributed by atoms with Crippen molar-refractivity contribution in [2.24, 2.45) is 27.8 Å². The maximum absolute atomic E-state index is 13.2. The molecule has 2 amide bonds. The van der Waals surface area contributed by atoms with E-state index in [2.05, 4.69) is 68.5 Å². The summed E-state index contributed by atoms with van der Waals surface area (Å²) in [6, 6.07) is 15.6. The van der Waals surface area contributed by atoms with Gasteiger partial charge < -0.3 is 55.3 Å². The van der Waals surface area contributed by atoms with E-state index < -0.39 is 28.1 Å². The van der Waals surface area contributed by atoms with E-state index in [4.69, 9.17) is 30.5 Å². The summed E-state index contributed by atoms with van der Waals surface area (Å²) in [5.41, 5.74) is 9.51. The number of hydrogen-bond donors (Lipinski definition) is 5. The first-order chi connectivity index (χ1) is 33.0. The lowest BCUT2D eigenvalue weighted by atomic mass is 9.66. The number of hydrazine groups is 1. The summed E-state index contributed by atoms with van der Waals surface area (Å²) in [6.07, 6.45) is 4.58. The number of methoxy groups -OCH3 is 2. The van der Waals surface area contributed by atoms with Crippen molar-refractivity contribution >= 4 is 41.3 Å². The van der Waals surface area contributed by atoms with Crippen LogP contribution >= 0.6 is 0 Å². The van der Waals surface area contributed by atoms with Crippen LogP contribution in [0.25, 0.3) is 11.4 Å². The molecule has 0 aliphatic carbocycles. The summed E-state index contributed by atoms with van der Waals surface area (Å²) in [4.78, 5) is 50.4. The van der Waals surface area contributed by atoms with Gasteiger partial charge in [-0.05, 0) is 104 Å². The van der Waals surface area contributed by atoms with Crippen LogP contribution in [0.3, 0.4) is 0 Å². The zero-order valence-electron chi connectivity index (χ0n) is 47.9. The Kier molecular flexibility index (Phi) is 28.4. The predicted octanol–water partition coefficient (Wildman–Crippen LogP) is 9.86. The van der Waals surface area contributed by atoms with Crippen molar-refractivity contribution < 1.29 is 38.1 Å². The lowest BCUT2D eigenvalue weighted by molar-refractivity contribution is -0.144. The number of carbonyl (C=O) groups is 4. The molecule has 2 aromatic rings. The third-order valence-corrected chi connectivity index (χ3v) is 12.9. The van der Waals surface area contributed by atoms with Gasteiger partial charge in [-0.1, -0.05) is 112 Å². The molecule has 0 spiro atoms. The number of amides is 2. The molecule has 1 aliphatic rings. The van der Waals surface area contributed by atoms with Crippen LogP contribution in [0.5, 0.6) is 0 Å². The number of nitrogens with two attached hydrogens (primary N) is 2. The van der Waals surface area contributed by atoms with Gasteiger partial charge in [0.05, 0.1) is 42.9 Å². The lowest BCUT2D eigenvalue weighted by Crippen LogP contribution is -2.53. The van der Waals surface area contributed by atoms with E-state index >= 15 is 0 Å². The molecule has 1 heterocycles. The minimum Gasteiger partial charge on any atom is -0.468 e. The van der Waals surface area contributed by atoms with Gasteiger partial charge in [-0.2, -0.15) is 0 Å². The summed E-state index contributed by atoms with van der Waals surface area (Å²) in [6.45, 7) is 34.4. The van der Waals surface area contributed by atoms with E-state index in [1.807, 2.05) is 119 Å². The third-order valence-electron chi connectivity index (χ3n) is 12.9. The van der Waals surface area contributed by atoms with Crippen molar-refractivity contribution in [3.05, 3.63) is 65.2 Å². The number of nitrogens with one attached hydrogen (secondary N) is 3. The molecule has 1 aliphatic heterocycles. The molecule has 71 heavy (non-hydrogen) atoms. The highest BCUT2D eigenvalue weighted by atomic mass is 16.5. The van der Waals surface area contributed by atoms with Gasteiger partial charge in [-0.25, -0.2) is 10.6 Å². The normalized spacial score (nSPS) is 14.4. The van der Waals surface area contributed by atoms with Crippen LogP contribution in [-0.2, 0) is 39.9 Å². The average Bonchev–Trinajstić information content (AvgIpc) is 3.30. The van der Waals surface area contributed by atoms with Gasteiger partial charge in [-0.15, -0.1) is 0 Å². The summed E-state index contributed by atoms with van der Waals surface area (Å²) in [7, 11) is 6.84. The van der Waals surface area contributed by atoms with Crippen LogP contribution in [0.1, 0.15) is 166 Å². The third kappa shape index (κ3) is 21.9. The van der Waals surface area contributed by atoms with Crippen LogP contribution in [0.4, 0.5) is 10.5 Å². The van der Waals surface area contributed by atoms with Crippen LogP contribution in [0.15, 0.2) is 48.5 Å². The number of esters is 1. The minimum absolute atomic E-state index is 0.00131. The molecule has 0 saturated carbocycles. The summed E-state index contributed by atoms with van der Waals surface area (Å²) in [5.74, 6) is 6.20. The number of anilines is 1. The van der Waals surface area contributed by atoms with Gasteiger partial charge in [0.1, 0.15) is 18.9 Å². The maximum Gasteiger partial charge on any atom is 0.407 e. The first-order valence-electron chi connectivity index (χ1n) is 25.5. The van der Waals surface area contributed by atoms with Gasteiger partial charge in [0, 0.05) is 60.4 Å². The highest BCUT2D eigenvalue weighted by Gasteiger charge is 2.45. The number of unbranched alkanes of at least 4 members (excludes halogenated alkanes) is 1. The predicted molar refractivity (Wildman–Crippen MR) is 292 cm³/mol. The Bertz CT molecular complexity index is 1960. The van der Waals surface area contributed by atoms with Gasteiger partial charge in [0.15, 0.2) is 0 Å². The molecular weight excluding hydrogens is 899 g/mol. The molecule has 0 bridgehead atoms. The first-order valence-corrected chi connectivity index (χ1v) is 25.5. The van der Waals surface area contributed by atoms with E-state index in [1.54, 1.807) is 19.2 Å². The number of ether oxygens (including phenoxy) is 4. The smallest absolute Gasteiger partial charge is 0.407 e.